The summed E-state index contributed by atoms with van der Waals surface area (Å²) in [5.41, 5.74) is 1.46. The maximum atomic E-state index is 12.3. The molecule has 28 heavy (non-hydrogen) atoms. The number of nitriles is 1. The lowest BCUT2D eigenvalue weighted by atomic mass is 9.98. The van der Waals surface area contributed by atoms with Crippen LogP contribution in [0.2, 0.25) is 0 Å². The average Bonchev–Trinajstić information content (AvgIpc) is 3.02. The van der Waals surface area contributed by atoms with Gasteiger partial charge in [-0.1, -0.05) is 24.2 Å². The molecule has 0 fully saturated rings. The molecule has 0 aliphatic rings. The molecule has 9 heteroatoms. The molecule has 0 radical (unpaired) electrons. The number of thiazole rings is 1. The Bertz CT molecular complexity index is 1140. The number of carboxylic acids is 1. The summed E-state index contributed by atoms with van der Waals surface area (Å²) in [7, 11) is 0. The quantitative estimate of drug-likeness (QED) is 0.641. The molecule has 142 valence electrons. The Morgan fingerprint density at radius 1 is 1.29 bits per heavy atom. The number of halogens is 3. The zero-order valence-corrected chi connectivity index (χ0v) is 15.0. The van der Waals surface area contributed by atoms with Crippen molar-refractivity contribution in [2.24, 2.45) is 0 Å². The number of benzene rings is 2. The SMILES string of the molecule is [2H]c1cc(-c2nc(C)c(C(=O)O)s2)cc(C#N)c1-c1ccc(OC(F)(F)F)cc1. The summed E-state index contributed by atoms with van der Waals surface area (Å²) in [5, 5.41) is 19.0. The molecule has 0 amide bonds. The molecule has 0 saturated heterocycles. The van der Waals surface area contributed by atoms with Gasteiger partial charge in [-0.25, -0.2) is 9.78 Å². The van der Waals surface area contributed by atoms with Crippen LogP contribution in [0.25, 0.3) is 21.7 Å². The molecule has 0 saturated carbocycles. The number of carboxylic acid groups (broad SMARTS) is 1. The Morgan fingerprint density at radius 2 is 1.96 bits per heavy atom. The number of carbonyl (C=O) groups is 1. The van der Waals surface area contributed by atoms with Gasteiger partial charge in [0.1, 0.15) is 15.6 Å². The third-order valence-corrected chi connectivity index (χ3v) is 4.87. The topological polar surface area (TPSA) is 83.2 Å². The van der Waals surface area contributed by atoms with Crippen molar-refractivity contribution in [3.05, 3.63) is 58.6 Å². The van der Waals surface area contributed by atoms with Crippen molar-refractivity contribution >= 4 is 17.3 Å². The van der Waals surface area contributed by atoms with Crippen molar-refractivity contribution in [3.8, 4) is 33.5 Å². The molecule has 1 heterocycles. The summed E-state index contributed by atoms with van der Waals surface area (Å²) in [5.74, 6) is -1.53. The fraction of sp³-hybridized carbons (Fsp3) is 0.105. The van der Waals surface area contributed by atoms with E-state index in [-0.39, 0.29) is 22.0 Å². The lowest BCUT2D eigenvalue weighted by Crippen LogP contribution is -2.16. The first-order valence-electron chi connectivity index (χ1n) is 8.21. The molecule has 0 spiro atoms. The number of hydrogen-bond donors (Lipinski definition) is 1. The molecule has 2 aromatic carbocycles. The van der Waals surface area contributed by atoms with Crippen LogP contribution in [0.3, 0.4) is 0 Å². The number of ether oxygens (including phenoxy) is 1. The van der Waals surface area contributed by atoms with Crippen LogP contribution in [0.1, 0.15) is 22.3 Å². The third kappa shape index (κ3) is 4.13. The van der Waals surface area contributed by atoms with Crippen LogP contribution in [0.5, 0.6) is 5.75 Å². The highest BCUT2D eigenvalue weighted by Gasteiger charge is 2.31. The van der Waals surface area contributed by atoms with E-state index >= 15 is 0 Å². The summed E-state index contributed by atoms with van der Waals surface area (Å²) in [6.07, 6.45) is -4.82. The summed E-state index contributed by atoms with van der Waals surface area (Å²) < 4.78 is 49.0. The fourth-order valence-corrected chi connectivity index (χ4v) is 3.38. The Kier molecular flexibility index (Phi) is 4.71. The van der Waals surface area contributed by atoms with Crippen LogP contribution >= 0.6 is 11.3 Å². The van der Waals surface area contributed by atoms with Crippen molar-refractivity contribution in [2.75, 3.05) is 0 Å². The van der Waals surface area contributed by atoms with E-state index < -0.39 is 18.1 Å². The predicted octanol–water partition coefficient (Wildman–Crippen LogP) is 5.25. The highest BCUT2D eigenvalue weighted by molar-refractivity contribution is 7.17. The van der Waals surface area contributed by atoms with Gasteiger partial charge in [0, 0.05) is 5.56 Å². The van der Waals surface area contributed by atoms with Gasteiger partial charge in [0.05, 0.1) is 18.7 Å². The molecule has 0 aliphatic heterocycles. The number of aryl methyl sites for hydroxylation is 1. The molecular formula is C19H11F3N2O3S. The monoisotopic (exact) mass is 405 g/mol. The summed E-state index contributed by atoms with van der Waals surface area (Å²) in [4.78, 5) is 15.5. The van der Waals surface area contributed by atoms with Crippen molar-refractivity contribution in [3.63, 3.8) is 0 Å². The van der Waals surface area contributed by atoms with Crippen LogP contribution in [-0.4, -0.2) is 22.4 Å². The molecular weight excluding hydrogens is 393 g/mol. The third-order valence-electron chi connectivity index (χ3n) is 3.68. The minimum Gasteiger partial charge on any atom is -0.477 e. The van der Waals surface area contributed by atoms with Crippen LogP contribution in [0, 0.1) is 18.3 Å². The number of aromatic carboxylic acids is 1. The smallest absolute Gasteiger partial charge is 0.477 e. The van der Waals surface area contributed by atoms with Gasteiger partial charge in [0.2, 0.25) is 0 Å². The van der Waals surface area contributed by atoms with Gasteiger partial charge in [-0.2, -0.15) is 5.26 Å². The van der Waals surface area contributed by atoms with Gasteiger partial charge in [-0.05, 0) is 36.2 Å². The highest BCUT2D eigenvalue weighted by Crippen LogP contribution is 2.33. The minimum atomic E-state index is -4.82. The van der Waals surface area contributed by atoms with E-state index in [0.717, 1.165) is 23.5 Å². The standard InChI is InChI=1S/C19H11F3N2O3S/c1-10-16(18(25)26)28-17(24-10)12-4-7-15(13(8-12)9-23)11-2-5-14(6-3-11)27-19(20,21)22/h2-8H,1H3,(H,25,26)/i7D. The Morgan fingerprint density at radius 3 is 2.50 bits per heavy atom. The first-order valence-corrected chi connectivity index (χ1v) is 8.52. The van der Waals surface area contributed by atoms with E-state index in [9.17, 15) is 23.2 Å². The van der Waals surface area contributed by atoms with Crippen molar-refractivity contribution < 1.29 is 29.2 Å². The lowest BCUT2D eigenvalue weighted by molar-refractivity contribution is -0.274. The molecule has 0 bridgehead atoms. The zero-order chi connectivity index (χ0) is 21.3. The minimum absolute atomic E-state index is 0.0479. The Hall–Kier alpha value is -3.38. The van der Waals surface area contributed by atoms with Crippen LogP contribution in [0.15, 0.2) is 42.4 Å². The van der Waals surface area contributed by atoms with Gasteiger partial charge >= 0.3 is 12.3 Å². The molecule has 1 aromatic heterocycles. The molecule has 0 atom stereocenters. The van der Waals surface area contributed by atoms with Gasteiger partial charge in [0.25, 0.3) is 0 Å². The number of alkyl halides is 3. The van der Waals surface area contributed by atoms with Crippen LogP contribution in [0.4, 0.5) is 13.2 Å². The van der Waals surface area contributed by atoms with E-state index in [2.05, 4.69) is 9.72 Å². The van der Waals surface area contributed by atoms with E-state index in [4.69, 9.17) is 6.48 Å². The average molecular weight is 405 g/mol. The first kappa shape index (κ1) is 18.0. The molecule has 0 aliphatic carbocycles. The van der Waals surface area contributed by atoms with Crippen molar-refractivity contribution in [1.29, 1.82) is 5.26 Å². The molecule has 1 N–H and O–H groups in total. The van der Waals surface area contributed by atoms with Crippen molar-refractivity contribution in [1.82, 2.24) is 4.98 Å². The van der Waals surface area contributed by atoms with Gasteiger partial charge in [-0.15, -0.1) is 24.5 Å². The normalized spacial score (nSPS) is 11.6. The van der Waals surface area contributed by atoms with Crippen LogP contribution in [-0.2, 0) is 0 Å². The lowest BCUT2D eigenvalue weighted by Gasteiger charge is -2.10. The van der Waals surface area contributed by atoms with E-state index in [1.807, 2.05) is 6.07 Å². The number of nitrogens with zero attached hydrogens (tertiary/aromatic N) is 2. The van der Waals surface area contributed by atoms with E-state index in [1.165, 1.54) is 24.3 Å². The predicted molar refractivity (Wildman–Crippen MR) is 96.1 cm³/mol. The second kappa shape index (κ2) is 7.32. The fourth-order valence-electron chi connectivity index (χ4n) is 2.49. The van der Waals surface area contributed by atoms with Crippen LogP contribution < -0.4 is 4.74 Å². The summed E-state index contributed by atoms with van der Waals surface area (Å²) in [6.45, 7) is 1.55. The number of rotatable bonds is 4. The maximum Gasteiger partial charge on any atom is 0.573 e. The zero-order valence-electron chi connectivity index (χ0n) is 15.2. The van der Waals surface area contributed by atoms with Gasteiger partial charge in [0.15, 0.2) is 0 Å². The maximum absolute atomic E-state index is 12.3. The molecule has 3 aromatic rings. The highest BCUT2D eigenvalue weighted by atomic mass is 32.1. The number of hydrogen-bond acceptors (Lipinski definition) is 5. The summed E-state index contributed by atoms with van der Waals surface area (Å²) >= 11 is 0.931. The van der Waals surface area contributed by atoms with E-state index in [1.54, 1.807) is 6.92 Å². The molecule has 5 nitrogen and oxygen atoms in total. The molecule has 0 unspecified atom stereocenters. The Balaban J connectivity index is 2.03. The first-order chi connectivity index (χ1) is 13.6. The van der Waals surface area contributed by atoms with Gasteiger partial charge in [-0.3, -0.25) is 0 Å². The molecule has 3 rings (SSSR count). The largest absolute Gasteiger partial charge is 0.573 e. The van der Waals surface area contributed by atoms with E-state index in [0.29, 0.717) is 21.8 Å². The number of aromatic nitrogens is 1. The van der Waals surface area contributed by atoms with Gasteiger partial charge < -0.3 is 9.84 Å². The summed E-state index contributed by atoms with van der Waals surface area (Å²) in [6, 6.07) is 9.67. The van der Waals surface area contributed by atoms with Crippen molar-refractivity contribution in [2.45, 2.75) is 13.3 Å². The second-order valence-electron chi connectivity index (χ2n) is 5.60. The second-order valence-corrected chi connectivity index (χ2v) is 6.60. The Labute approximate surface area is 162 Å².